The topological polar surface area (TPSA) is 76.2 Å². The second kappa shape index (κ2) is 10.8. The number of hydrogen-bond acceptors (Lipinski definition) is 5. The minimum absolute atomic E-state index is 0.232. The van der Waals surface area contributed by atoms with Crippen LogP contribution in [0.5, 0.6) is 0 Å². The summed E-state index contributed by atoms with van der Waals surface area (Å²) in [5.74, 6) is -0.350. The molecule has 0 aliphatic carbocycles. The lowest BCUT2D eigenvalue weighted by atomic mass is 10.0. The summed E-state index contributed by atoms with van der Waals surface area (Å²) in [6.07, 6.45) is 4.82. The van der Waals surface area contributed by atoms with Crippen molar-refractivity contribution in [3.05, 3.63) is 12.2 Å². The molecule has 1 aliphatic rings. The van der Waals surface area contributed by atoms with Crippen LogP contribution in [0.3, 0.4) is 0 Å². The van der Waals surface area contributed by atoms with E-state index in [1.54, 1.807) is 9.34 Å². The van der Waals surface area contributed by atoms with Crippen molar-refractivity contribution in [1.82, 2.24) is 9.34 Å². The summed E-state index contributed by atoms with van der Waals surface area (Å²) in [4.78, 5) is 24.6. The van der Waals surface area contributed by atoms with Gasteiger partial charge in [0.25, 0.3) is 0 Å². The monoisotopic (exact) mass is 387 g/mol. The largest absolute Gasteiger partial charge is 0.539 e. The molecule has 0 spiro atoms. The molecule has 2 unspecified atom stereocenters. The van der Waals surface area contributed by atoms with Gasteiger partial charge in [-0.3, -0.25) is 9.59 Å². The lowest BCUT2D eigenvalue weighted by Gasteiger charge is -2.25. The molecule has 2 atom stereocenters. The van der Waals surface area contributed by atoms with Crippen LogP contribution in [0.4, 0.5) is 0 Å². The smallest absolute Gasteiger partial charge is 0.468 e. The van der Waals surface area contributed by atoms with Gasteiger partial charge in [-0.25, -0.2) is 0 Å². The van der Waals surface area contributed by atoms with Crippen molar-refractivity contribution in [2.45, 2.75) is 52.6 Å². The highest BCUT2D eigenvalue weighted by molar-refractivity contribution is 7.39. The van der Waals surface area contributed by atoms with Gasteiger partial charge >= 0.3 is 20.0 Å². The van der Waals surface area contributed by atoms with Gasteiger partial charge < -0.3 is 9.47 Å². The number of ether oxygens (including phenoxy) is 2. The quantitative estimate of drug-likeness (QED) is 0.360. The maximum atomic E-state index is 13.4. The fourth-order valence-corrected chi connectivity index (χ4v) is 4.61. The molecule has 0 aromatic rings. The van der Waals surface area contributed by atoms with E-state index in [4.69, 9.17) is 9.47 Å². The first-order valence-corrected chi connectivity index (χ1v) is 10.2. The maximum absolute atomic E-state index is 13.4. The third kappa shape index (κ3) is 6.15. The van der Waals surface area contributed by atoms with Crippen LogP contribution in [0.25, 0.3) is 0 Å². The van der Waals surface area contributed by atoms with Crippen molar-refractivity contribution in [3.8, 4) is 0 Å². The molecular weight excluding hydrogens is 355 g/mol. The van der Waals surface area contributed by atoms with Gasteiger partial charge in [-0.05, 0) is 29.2 Å². The Morgan fingerprint density at radius 3 is 1.50 bits per heavy atom. The van der Waals surface area contributed by atoms with Crippen LogP contribution < -0.4 is 0 Å². The summed E-state index contributed by atoms with van der Waals surface area (Å²) in [5, 5.41) is 0. The Labute approximate surface area is 157 Å². The summed E-state index contributed by atoms with van der Waals surface area (Å²) in [7, 11) is 0.566. The zero-order chi connectivity index (χ0) is 19.9. The number of carbonyl (C=O) groups excluding carboxylic acids is 2. The molecule has 0 fully saturated rings. The highest BCUT2D eigenvalue weighted by Crippen LogP contribution is 2.40. The number of methoxy groups -OCH3 is 2. The second-order valence-electron chi connectivity index (χ2n) is 7.31. The molecule has 0 saturated heterocycles. The SMILES string of the molecule is COC(=O)C(CC(C)C)N1CC=CCN(C(CC(C)C)C(=O)OC)[P+]1=O. The Bertz CT molecular complexity index is 492. The van der Waals surface area contributed by atoms with E-state index < -0.39 is 32.1 Å². The molecule has 8 heteroatoms. The zero-order valence-electron chi connectivity index (χ0n) is 16.7. The van der Waals surface area contributed by atoms with E-state index in [0.29, 0.717) is 25.9 Å². The molecule has 148 valence electrons. The van der Waals surface area contributed by atoms with Crippen molar-refractivity contribution >= 4 is 20.0 Å². The Morgan fingerprint density at radius 1 is 0.885 bits per heavy atom. The molecule has 0 radical (unpaired) electrons. The number of hydrogen-bond donors (Lipinski definition) is 0. The van der Waals surface area contributed by atoms with E-state index in [1.807, 2.05) is 39.8 Å². The lowest BCUT2D eigenvalue weighted by Crippen LogP contribution is -2.44. The predicted octanol–water partition coefficient (Wildman–Crippen LogP) is 2.99. The summed E-state index contributed by atoms with van der Waals surface area (Å²) in [6.45, 7) is 8.76. The van der Waals surface area contributed by atoms with Crippen LogP contribution in [-0.2, 0) is 23.6 Å². The van der Waals surface area contributed by atoms with Crippen LogP contribution in [-0.4, -0.2) is 60.7 Å². The Balaban J connectivity index is 3.18. The predicted molar refractivity (Wildman–Crippen MR) is 101 cm³/mol. The molecular formula is C18H32N2O5P+. The summed E-state index contributed by atoms with van der Waals surface area (Å²) in [5.41, 5.74) is 0. The first-order valence-electron chi connectivity index (χ1n) is 9.03. The van der Waals surface area contributed by atoms with Crippen molar-refractivity contribution in [2.24, 2.45) is 11.8 Å². The van der Waals surface area contributed by atoms with Crippen LogP contribution in [0.1, 0.15) is 40.5 Å². The van der Waals surface area contributed by atoms with E-state index >= 15 is 0 Å². The molecule has 1 aliphatic heterocycles. The van der Waals surface area contributed by atoms with Crippen LogP contribution in [0, 0.1) is 11.8 Å². The van der Waals surface area contributed by atoms with E-state index in [-0.39, 0.29) is 11.8 Å². The number of rotatable bonds is 8. The highest BCUT2D eigenvalue weighted by atomic mass is 31.1. The van der Waals surface area contributed by atoms with E-state index in [9.17, 15) is 14.2 Å². The molecule has 0 aromatic carbocycles. The maximum Gasteiger partial charge on any atom is 0.539 e. The molecule has 0 bridgehead atoms. The highest BCUT2D eigenvalue weighted by Gasteiger charge is 2.49. The van der Waals surface area contributed by atoms with Gasteiger partial charge in [0.1, 0.15) is 0 Å². The summed E-state index contributed by atoms with van der Waals surface area (Å²) < 4.78 is 26.5. The van der Waals surface area contributed by atoms with Gasteiger partial charge in [-0.15, -0.1) is 0 Å². The van der Waals surface area contributed by atoms with Gasteiger partial charge in [-0.1, -0.05) is 49.2 Å². The van der Waals surface area contributed by atoms with Crippen molar-refractivity contribution in [1.29, 1.82) is 0 Å². The third-order valence-electron chi connectivity index (χ3n) is 4.25. The molecule has 0 aromatic heterocycles. The van der Waals surface area contributed by atoms with Gasteiger partial charge in [-0.2, -0.15) is 0 Å². The fraction of sp³-hybridized carbons (Fsp3) is 0.778. The molecule has 1 rings (SSSR count). The Kier molecular flexibility index (Phi) is 9.41. The average Bonchev–Trinajstić information content (AvgIpc) is 2.77. The van der Waals surface area contributed by atoms with Gasteiger partial charge in [0.15, 0.2) is 12.1 Å². The molecule has 7 nitrogen and oxygen atoms in total. The minimum atomic E-state index is -2.11. The average molecular weight is 387 g/mol. The van der Waals surface area contributed by atoms with Gasteiger partial charge in [0.05, 0.1) is 27.3 Å². The van der Waals surface area contributed by atoms with E-state index in [1.165, 1.54) is 14.2 Å². The standard InChI is InChI=1S/C18H32N2O5P/c1-13(2)11-15(17(21)24-5)19-9-7-8-10-20(26(19)23)16(12-14(3)4)18(22)25-6/h7-8,13-16H,9-12H2,1-6H3/q+1. The van der Waals surface area contributed by atoms with E-state index in [2.05, 4.69) is 0 Å². The lowest BCUT2D eigenvalue weighted by molar-refractivity contribution is -0.145. The molecule has 0 N–H and O–H groups in total. The van der Waals surface area contributed by atoms with Crippen molar-refractivity contribution in [2.75, 3.05) is 27.3 Å². The van der Waals surface area contributed by atoms with Crippen LogP contribution in [0.2, 0.25) is 0 Å². The van der Waals surface area contributed by atoms with Crippen LogP contribution >= 0.6 is 8.10 Å². The number of carbonyl (C=O) groups is 2. The Hall–Kier alpha value is -1.30. The van der Waals surface area contributed by atoms with Crippen molar-refractivity contribution in [3.63, 3.8) is 0 Å². The molecule has 1 heterocycles. The molecule has 0 saturated carbocycles. The summed E-state index contributed by atoms with van der Waals surface area (Å²) in [6, 6.07) is -1.24. The second-order valence-corrected chi connectivity index (χ2v) is 8.84. The number of esters is 2. The van der Waals surface area contributed by atoms with Gasteiger partial charge in [0, 0.05) is 0 Å². The van der Waals surface area contributed by atoms with Crippen LogP contribution in [0.15, 0.2) is 12.2 Å². The van der Waals surface area contributed by atoms with Gasteiger partial charge in [0.2, 0.25) is 0 Å². The summed E-state index contributed by atoms with van der Waals surface area (Å²) >= 11 is 0. The molecule has 0 amide bonds. The fourth-order valence-electron chi connectivity index (χ4n) is 2.99. The zero-order valence-corrected chi connectivity index (χ0v) is 17.6. The number of nitrogens with zero attached hydrogens (tertiary/aromatic N) is 2. The van der Waals surface area contributed by atoms with Crippen molar-refractivity contribution < 1.29 is 23.6 Å². The minimum Gasteiger partial charge on any atom is -0.468 e. The first kappa shape index (κ1) is 22.7. The first-order chi connectivity index (χ1) is 12.2. The Morgan fingerprint density at radius 2 is 1.23 bits per heavy atom. The van der Waals surface area contributed by atoms with E-state index in [0.717, 1.165) is 0 Å². The normalized spacial score (nSPS) is 20.1. The third-order valence-corrected chi connectivity index (χ3v) is 6.01. The molecule has 26 heavy (non-hydrogen) atoms.